The van der Waals surface area contributed by atoms with E-state index >= 15 is 0 Å². The second-order valence-corrected chi connectivity index (χ2v) is 6.81. The average molecular weight is 266 g/mol. The van der Waals surface area contributed by atoms with E-state index in [1.807, 2.05) is 30.5 Å². The average Bonchev–Trinajstić information content (AvgIpc) is 2.71. The molecule has 0 atom stereocenters. The van der Waals surface area contributed by atoms with E-state index in [1.165, 1.54) is 6.26 Å². The van der Waals surface area contributed by atoms with Crippen molar-refractivity contribution in [1.82, 2.24) is 4.57 Å². The topological polar surface area (TPSA) is 65.1 Å². The maximum atomic E-state index is 11.1. The number of hydrogen-bond acceptors (Lipinski definition) is 3. The van der Waals surface area contributed by atoms with Crippen molar-refractivity contribution in [2.75, 3.05) is 12.0 Å². The molecular formula is C13H18N2O2S. The van der Waals surface area contributed by atoms with Gasteiger partial charge in [0.25, 0.3) is 0 Å². The Morgan fingerprint density at radius 3 is 2.72 bits per heavy atom. The number of fused-ring (bicyclic) bond motifs is 1. The summed E-state index contributed by atoms with van der Waals surface area (Å²) >= 11 is 0. The summed E-state index contributed by atoms with van der Waals surface area (Å²) in [4.78, 5) is 0. The van der Waals surface area contributed by atoms with Gasteiger partial charge in [0.05, 0.1) is 5.75 Å². The van der Waals surface area contributed by atoms with Gasteiger partial charge < -0.3 is 10.3 Å². The van der Waals surface area contributed by atoms with Crippen molar-refractivity contribution in [2.24, 2.45) is 5.73 Å². The molecule has 0 spiro atoms. The molecule has 0 saturated heterocycles. The Labute approximate surface area is 107 Å². The van der Waals surface area contributed by atoms with Crippen molar-refractivity contribution < 1.29 is 8.42 Å². The normalized spacial score (nSPS) is 12.1. The molecule has 5 heteroatoms. The van der Waals surface area contributed by atoms with E-state index in [9.17, 15) is 8.42 Å². The van der Waals surface area contributed by atoms with E-state index in [-0.39, 0.29) is 5.75 Å². The van der Waals surface area contributed by atoms with Gasteiger partial charge in [0.2, 0.25) is 0 Å². The third-order valence-corrected chi connectivity index (χ3v) is 4.07. The zero-order valence-electron chi connectivity index (χ0n) is 10.5. The molecule has 1 aromatic heterocycles. The molecule has 0 radical (unpaired) electrons. The predicted molar refractivity (Wildman–Crippen MR) is 74.2 cm³/mol. The summed E-state index contributed by atoms with van der Waals surface area (Å²) in [6.07, 6.45) is 3.90. The first-order valence-electron chi connectivity index (χ1n) is 5.96. The van der Waals surface area contributed by atoms with Crippen LogP contribution in [-0.2, 0) is 22.9 Å². The lowest BCUT2D eigenvalue weighted by atomic mass is 10.1. The zero-order valence-corrected chi connectivity index (χ0v) is 11.3. The van der Waals surface area contributed by atoms with Gasteiger partial charge in [-0.2, -0.15) is 0 Å². The van der Waals surface area contributed by atoms with E-state index in [0.717, 1.165) is 16.5 Å². The Kier molecular flexibility index (Phi) is 3.73. The number of benzene rings is 1. The van der Waals surface area contributed by atoms with E-state index in [2.05, 4.69) is 4.57 Å². The lowest BCUT2D eigenvalue weighted by molar-refractivity contribution is 0.593. The second-order valence-electron chi connectivity index (χ2n) is 4.55. The van der Waals surface area contributed by atoms with Crippen molar-refractivity contribution in [3.63, 3.8) is 0 Å². The standard InChI is InChI=1S/C13H18N2O2S/c1-18(16,17)9-3-7-15-8-6-12-11(10-14)4-2-5-13(12)15/h2,4-6,8H,3,7,9-10,14H2,1H3. The highest BCUT2D eigenvalue weighted by molar-refractivity contribution is 7.90. The van der Waals surface area contributed by atoms with Gasteiger partial charge in [0.1, 0.15) is 9.84 Å². The third-order valence-electron chi connectivity index (χ3n) is 3.04. The van der Waals surface area contributed by atoms with Crippen LogP contribution in [0.1, 0.15) is 12.0 Å². The van der Waals surface area contributed by atoms with Crippen LogP contribution < -0.4 is 5.73 Å². The Bertz CT molecular complexity index is 644. The van der Waals surface area contributed by atoms with E-state index < -0.39 is 9.84 Å². The number of nitrogens with zero attached hydrogens (tertiary/aromatic N) is 1. The summed E-state index contributed by atoms with van der Waals surface area (Å²) in [5.74, 6) is 0.225. The SMILES string of the molecule is CS(=O)(=O)CCCn1ccc2c(CN)cccc21. The first kappa shape index (κ1) is 13.1. The van der Waals surface area contributed by atoms with Crippen LogP contribution in [0.2, 0.25) is 0 Å². The maximum absolute atomic E-state index is 11.1. The maximum Gasteiger partial charge on any atom is 0.147 e. The fourth-order valence-electron chi connectivity index (χ4n) is 2.16. The number of aryl methyl sites for hydroxylation is 1. The highest BCUT2D eigenvalue weighted by Crippen LogP contribution is 2.20. The number of nitrogens with two attached hydrogens (primary N) is 1. The zero-order chi connectivity index (χ0) is 13.2. The molecule has 0 unspecified atom stereocenters. The predicted octanol–water partition coefficient (Wildman–Crippen LogP) is 1.53. The molecule has 98 valence electrons. The molecule has 0 aliphatic rings. The highest BCUT2D eigenvalue weighted by Gasteiger charge is 2.06. The van der Waals surface area contributed by atoms with Crippen LogP contribution in [-0.4, -0.2) is 25.0 Å². The van der Waals surface area contributed by atoms with Crippen LogP contribution in [0, 0.1) is 0 Å². The molecular weight excluding hydrogens is 248 g/mol. The van der Waals surface area contributed by atoms with Gasteiger partial charge in [-0.1, -0.05) is 12.1 Å². The molecule has 0 aliphatic carbocycles. The van der Waals surface area contributed by atoms with E-state index in [0.29, 0.717) is 19.5 Å². The van der Waals surface area contributed by atoms with E-state index in [1.54, 1.807) is 0 Å². The quantitative estimate of drug-likeness (QED) is 0.892. The molecule has 0 bridgehead atoms. The fraction of sp³-hybridized carbons (Fsp3) is 0.385. The van der Waals surface area contributed by atoms with Crippen LogP contribution in [0.3, 0.4) is 0 Å². The van der Waals surface area contributed by atoms with Gasteiger partial charge >= 0.3 is 0 Å². The van der Waals surface area contributed by atoms with E-state index in [4.69, 9.17) is 5.73 Å². The van der Waals surface area contributed by atoms with Crippen molar-refractivity contribution in [1.29, 1.82) is 0 Å². The summed E-state index contributed by atoms with van der Waals surface area (Å²) in [7, 11) is -2.88. The minimum Gasteiger partial charge on any atom is -0.347 e. The van der Waals surface area contributed by atoms with Crippen molar-refractivity contribution >= 4 is 20.7 Å². The number of sulfone groups is 1. The molecule has 0 aliphatic heterocycles. The van der Waals surface area contributed by atoms with Crippen LogP contribution in [0.25, 0.3) is 10.9 Å². The minimum atomic E-state index is -2.88. The van der Waals surface area contributed by atoms with Crippen LogP contribution in [0.4, 0.5) is 0 Å². The molecule has 18 heavy (non-hydrogen) atoms. The summed E-state index contributed by atoms with van der Waals surface area (Å²) in [6.45, 7) is 1.23. The van der Waals surface area contributed by atoms with Gasteiger partial charge in [-0.05, 0) is 24.1 Å². The highest BCUT2D eigenvalue weighted by atomic mass is 32.2. The molecule has 0 amide bonds. The Balaban J connectivity index is 2.20. The summed E-state index contributed by atoms with van der Waals surface area (Å²) in [6, 6.07) is 8.08. The minimum absolute atomic E-state index is 0.225. The van der Waals surface area contributed by atoms with Crippen molar-refractivity contribution in [3.8, 4) is 0 Å². The molecule has 2 aromatic rings. The molecule has 4 nitrogen and oxygen atoms in total. The number of aromatic nitrogens is 1. The molecule has 1 aromatic carbocycles. The second kappa shape index (κ2) is 5.12. The van der Waals surface area contributed by atoms with Gasteiger partial charge in [-0.25, -0.2) is 8.42 Å². The third kappa shape index (κ3) is 2.91. The van der Waals surface area contributed by atoms with Crippen molar-refractivity contribution in [2.45, 2.75) is 19.5 Å². The van der Waals surface area contributed by atoms with Gasteiger partial charge in [-0.3, -0.25) is 0 Å². The number of rotatable bonds is 5. The monoisotopic (exact) mass is 266 g/mol. The first-order chi connectivity index (χ1) is 8.51. The lowest BCUT2D eigenvalue weighted by Crippen LogP contribution is -2.07. The summed E-state index contributed by atoms with van der Waals surface area (Å²) in [5.41, 5.74) is 7.93. The Morgan fingerprint density at radius 2 is 2.06 bits per heavy atom. The number of hydrogen-bond donors (Lipinski definition) is 1. The van der Waals surface area contributed by atoms with Gasteiger partial charge in [0, 0.05) is 36.4 Å². The summed E-state index contributed by atoms with van der Waals surface area (Å²) < 4.78 is 24.3. The molecule has 2 rings (SSSR count). The molecule has 1 heterocycles. The first-order valence-corrected chi connectivity index (χ1v) is 8.02. The van der Waals surface area contributed by atoms with Gasteiger partial charge in [0.15, 0.2) is 0 Å². The fourth-order valence-corrected chi connectivity index (χ4v) is 2.81. The summed E-state index contributed by atoms with van der Waals surface area (Å²) in [5, 5.41) is 1.15. The van der Waals surface area contributed by atoms with Crippen LogP contribution in [0.5, 0.6) is 0 Å². The molecule has 0 fully saturated rings. The van der Waals surface area contributed by atoms with Gasteiger partial charge in [-0.15, -0.1) is 0 Å². The van der Waals surface area contributed by atoms with Crippen LogP contribution in [0.15, 0.2) is 30.5 Å². The molecule has 0 saturated carbocycles. The largest absolute Gasteiger partial charge is 0.347 e. The lowest BCUT2D eigenvalue weighted by Gasteiger charge is -2.06. The Hall–Kier alpha value is -1.33. The Morgan fingerprint density at radius 1 is 1.28 bits per heavy atom. The molecule has 2 N–H and O–H groups in total. The smallest absolute Gasteiger partial charge is 0.147 e. The van der Waals surface area contributed by atoms with Crippen LogP contribution >= 0.6 is 0 Å². The van der Waals surface area contributed by atoms with Crippen molar-refractivity contribution in [3.05, 3.63) is 36.0 Å².